The Bertz CT molecular complexity index is 315. The van der Waals surface area contributed by atoms with Crippen molar-refractivity contribution in [2.75, 3.05) is 7.11 Å². The Labute approximate surface area is 88.4 Å². The molecule has 2 atom stereocenters. The zero-order valence-corrected chi connectivity index (χ0v) is 8.95. The smallest absolute Gasteiger partial charge is 0.120 e. The summed E-state index contributed by atoms with van der Waals surface area (Å²) in [5.74, 6) is 0.677. The van der Waals surface area contributed by atoms with Gasteiger partial charge in [0.15, 0.2) is 0 Å². The predicted molar refractivity (Wildman–Crippen MR) is 56.6 cm³/mol. The molecule has 3 nitrogen and oxygen atoms in total. The summed E-state index contributed by atoms with van der Waals surface area (Å²) in [4.78, 5) is 0. The van der Waals surface area contributed by atoms with Gasteiger partial charge in [-0.15, -0.1) is 0 Å². The molecule has 0 aliphatic rings. The number of ether oxygens (including phenoxy) is 1. The van der Waals surface area contributed by atoms with E-state index in [4.69, 9.17) is 22.1 Å². The van der Waals surface area contributed by atoms with E-state index < -0.39 is 12.1 Å². The number of benzene rings is 1. The normalized spacial score (nSPS) is 14.9. The van der Waals surface area contributed by atoms with E-state index in [9.17, 15) is 5.11 Å². The Hall–Kier alpha value is -0.770. The Balaban J connectivity index is 2.99. The number of nitrogens with two attached hydrogens (primary N) is 1. The van der Waals surface area contributed by atoms with Gasteiger partial charge >= 0.3 is 0 Å². The molecular formula is C10H14ClNO2. The molecule has 4 heteroatoms. The van der Waals surface area contributed by atoms with Gasteiger partial charge in [0.2, 0.25) is 0 Å². The van der Waals surface area contributed by atoms with Gasteiger partial charge in [-0.3, -0.25) is 0 Å². The number of aliphatic hydroxyl groups is 1. The maximum atomic E-state index is 9.31. The lowest BCUT2D eigenvalue weighted by Gasteiger charge is -2.16. The highest BCUT2D eigenvalue weighted by atomic mass is 35.5. The summed E-state index contributed by atoms with van der Waals surface area (Å²) in [5, 5.41) is 9.82. The number of hydrogen-bond acceptors (Lipinski definition) is 3. The number of halogens is 1. The van der Waals surface area contributed by atoms with Gasteiger partial charge in [0, 0.05) is 5.02 Å². The Morgan fingerprint density at radius 3 is 2.57 bits per heavy atom. The van der Waals surface area contributed by atoms with Crippen LogP contribution in [0.3, 0.4) is 0 Å². The summed E-state index contributed by atoms with van der Waals surface area (Å²) in [6.07, 6.45) is -0.624. The van der Waals surface area contributed by atoms with Crippen molar-refractivity contribution < 1.29 is 9.84 Å². The second-order valence-electron chi connectivity index (χ2n) is 3.15. The van der Waals surface area contributed by atoms with E-state index in [-0.39, 0.29) is 0 Å². The second kappa shape index (κ2) is 4.64. The van der Waals surface area contributed by atoms with Gasteiger partial charge < -0.3 is 15.6 Å². The SMILES string of the molecule is COc1ccc(C(N)C(C)O)c(Cl)c1. The van der Waals surface area contributed by atoms with Crippen LogP contribution in [0.25, 0.3) is 0 Å². The maximum Gasteiger partial charge on any atom is 0.120 e. The number of rotatable bonds is 3. The Kier molecular flexibility index (Phi) is 3.75. The van der Waals surface area contributed by atoms with Gasteiger partial charge in [0.25, 0.3) is 0 Å². The Morgan fingerprint density at radius 1 is 1.50 bits per heavy atom. The fourth-order valence-electron chi connectivity index (χ4n) is 1.17. The standard InChI is InChI=1S/C10H14ClNO2/c1-6(13)10(12)8-4-3-7(14-2)5-9(8)11/h3-6,10,13H,12H2,1-2H3. The molecule has 3 N–H and O–H groups in total. The van der Waals surface area contributed by atoms with E-state index in [2.05, 4.69) is 0 Å². The molecule has 0 spiro atoms. The molecule has 14 heavy (non-hydrogen) atoms. The number of aliphatic hydroxyl groups excluding tert-OH is 1. The molecule has 78 valence electrons. The summed E-state index contributed by atoms with van der Waals surface area (Å²) < 4.78 is 5.00. The lowest BCUT2D eigenvalue weighted by molar-refractivity contribution is 0.164. The fraction of sp³-hybridized carbons (Fsp3) is 0.400. The molecule has 1 aromatic rings. The zero-order chi connectivity index (χ0) is 10.7. The molecule has 0 bridgehead atoms. The summed E-state index contributed by atoms with van der Waals surface area (Å²) >= 11 is 5.98. The minimum Gasteiger partial charge on any atom is -0.497 e. The van der Waals surface area contributed by atoms with Crippen LogP contribution < -0.4 is 10.5 Å². The van der Waals surface area contributed by atoms with E-state index in [1.54, 1.807) is 32.2 Å². The minimum absolute atomic E-state index is 0.464. The van der Waals surface area contributed by atoms with Crippen molar-refractivity contribution >= 4 is 11.6 Å². The molecule has 1 aromatic carbocycles. The van der Waals surface area contributed by atoms with Crippen molar-refractivity contribution in [1.29, 1.82) is 0 Å². The van der Waals surface area contributed by atoms with Crippen LogP contribution in [0.15, 0.2) is 18.2 Å². The van der Waals surface area contributed by atoms with E-state index in [0.717, 1.165) is 5.56 Å². The first kappa shape index (κ1) is 11.3. The molecule has 0 fully saturated rings. The van der Waals surface area contributed by atoms with Gasteiger partial charge in [-0.1, -0.05) is 17.7 Å². The van der Waals surface area contributed by atoms with Crippen LogP contribution in [-0.2, 0) is 0 Å². The maximum absolute atomic E-state index is 9.31. The third-order valence-electron chi connectivity index (χ3n) is 2.09. The van der Waals surface area contributed by atoms with Crippen molar-refractivity contribution in [2.45, 2.75) is 19.1 Å². The summed E-state index contributed by atoms with van der Waals surface area (Å²) in [5.41, 5.74) is 6.48. The molecule has 0 saturated heterocycles. The minimum atomic E-state index is -0.624. The molecular weight excluding hydrogens is 202 g/mol. The average Bonchev–Trinajstić information content (AvgIpc) is 2.16. The van der Waals surface area contributed by atoms with Crippen LogP contribution in [0.2, 0.25) is 5.02 Å². The third-order valence-corrected chi connectivity index (χ3v) is 2.41. The van der Waals surface area contributed by atoms with Crippen molar-refractivity contribution in [2.24, 2.45) is 5.73 Å². The summed E-state index contributed by atoms with van der Waals surface area (Å²) in [7, 11) is 1.57. The van der Waals surface area contributed by atoms with Crippen LogP contribution in [0.4, 0.5) is 0 Å². The lowest BCUT2D eigenvalue weighted by Crippen LogP contribution is -2.23. The third kappa shape index (κ3) is 2.38. The molecule has 0 radical (unpaired) electrons. The van der Waals surface area contributed by atoms with Crippen molar-refractivity contribution in [3.8, 4) is 5.75 Å². The number of methoxy groups -OCH3 is 1. The highest BCUT2D eigenvalue weighted by Crippen LogP contribution is 2.27. The molecule has 0 saturated carbocycles. The van der Waals surface area contributed by atoms with Gasteiger partial charge in [-0.25, -0.2) is 0 Å². The monoisotopic (exact) mass is 215 g/mol. The first-order chi connectivity index (χ1) is 6.56. The van der Waals surface area contributed by atoms with Gasteiger partial charge in [-0.05, 0) is 24.6 Å². The second-order valence-corrected chi connectivity index (χ2v) is 3.56. The molecule has 2 unspecified atom stereocenters. The van der Waals surface area contributed by atoms with E-state index >= 15 is 0 Å². The molecule has 0 amide bonds. The Morgan fingerprint density at radius 2 is 2.14 bits per heavy atom. The topological polar surface area (TPSA) is 55.5 Å². The van der Waals surface area contributed by atoms with E-state index in [0.29, 0.717) is 10.8 Å². The van der Waals surface area contributed by atoms with E-state index in [1.165, 1.54) is 0 Å². The largest absolute Gasteiger partial charge is 0.497 e. The highest BCUT2D eigenvalue weighted by Gasteiger charge is 2.15. The van der Waals surface area contributed by atoms with Crippen LogP contribution in [0.1, 0.15) is 18.5 Å². The van der Waals surface area contributed by atoms with Gasteiger partial charge in [0.05, 0.1) is 19.3 Å². The van der Waals surface area contributed by atoms with Crippen molar-refractivity contribution in [1.82, 2.24) is 0 Å². The molecule has 0 aliphatic carbocycles. The summed E-state index contributed by atoms with van der Waals surface area (Å²) in [6, 6.07) is 4.75. The summed E-state index contributed by atoms with van der Waals surface area (Å²) in [6.45, 7) is 1.63. The van der Waals surface area contributed by atoms with Crippen molar-refractivity contribution in [3.63, 3.8) is 0 Å². The zero-order valence-electron chi connectivity index (χ0n) is 8.20. The molecule has 0 aliphatic heterocycles. The van der Waals surface area contributed by atoms with Crippen LogP contribution in [0.5, 0.6) is 5.75 Å². The molecule has 0 aromatic heterocycles. The van der Waals surface area contributed by atoms with Crippen molar-refractivity contribution in [3.05, 3.63) is 28.8 Å². The quantitative estimate of drug-likeness (QED) is 0.808. The van der Waals surface area contributed by atoms with Crippen LogP contribution in [0, 0.1) is 0 Å². The van der Waals surface area contributed by atoms with Crippen LogP contribution >= 0.6 is 11.6 Å². The first-order valence-electron chi connectivity index (χ1n) is 4.33. The lowest BCUT2D eigenvalue weighted by atomic mass is 10.0. The average molecular weight is 216 g/mol. The fourth-order valence-corrected chi connectivity index (χ4v) is 1.46. The molecule has 1 rings (SSSR count). The van der Waals surface area contributed by atoms with Gasteiger partial charge in [0.1, 0.15) is 5.75 Å². The molecule has 0 heterocycles. The van der Waals surface area contributed by atoms with Crippen LogP contribution in [-0.4, -0.2) is 18.3 Å². The predicted octanol–water partition coefficient (Wildman–Crippen LogP) is 1.73. The highest BCUT2D eigenvalue weighted by molar-refractivity contribution is 6.31. The van der Waals surface area contributed by atoms with Gasteiger partial charge in [-0.2, -0.15) is 0 Å². The van der Waals surface area contributed by atoms with E-state index in [1.807, 2.05) is 0 Å². The first-order valence-corrected chi connectivity index (χ1v) is 4.71. The number of hydrogen-bond donors (Lipinski definition) is 2.